The summed E-state index contributed by atoms with van der Waals surface area (Å²) in [5, 5.41) is 9.70. The molecule has 146 valence electrons. The number of H-pyrrole nitrogens is 1. The second-order valence-electron chi connectivity index (χ2n) is 6.28. The first-order chi connectivity index (χ1) is 13.4. The highest BCUT2D eigenvalue weighted by atomic mass is 32.2. The van der Waals surface area contributed by atoms with Crippen LogP contribution in [0.4, 0.5) is 11.4 Å². The van der Waals surface area contributed by atoms with Gasteiger partial charge in [0.2, 0.25) is 10.0 Å². The molecule has 0 radical (unpaired) electrons. The molecule has 1 amide bonds. The zero-order valence-electron chi connectivity index (χ0n) is 15.6. The Morgan fingerprint density at radius 3 is 2.57 bits per heavy atom. The molecule has 0 saturated heterocycles. The fourth-order valence-corrected chi connectivity index (χ4v) is 3.76. The Balaban J connectivity index is 1.76. The van der Waals surface area contributed by atoms with E-state index in [4.69, 9.17) is 0 Å². The number of aromatic nitrogens is 3. The Kier molecular flexibility index (Phi) is 5.74. The van der Waals surface area contributed by atoms with Crippen molar-refractivity contribution in [3.63, 3.8) is 0 Å². The number of hydrogen-bond acceptors (Lipinski definition) is 5. The molecule has 1 heterocycles. The summed E-state index contributed by atoms with van der Waals surface area (Å²) in [6.07, 6.45) is 0.510. The Morgan fingerprint density at radius 1 is 1.11 bits per heavy atom. The molecule has 0 fully saturated rings. The van der Waals surface area contributed by atoms with E-state index in [1.165, 1.54) is 6.07 Å². The molecule has 28 heavy (non-hydrogen) atoms. The lowest BCUT2D eigenvalue weighted by Crippen LogP contribution is -2.17. The molecule has 3 N–H and O–H groups in total. The fourth-order valence-electron chi connectivity index (χ4n) is 2.63. The molecule has 0 atom stereocenters. The lowest BCUT2D eigenvalue weighted by atomic mass is 10.1. The van der Waals surface area contributed by atoms with Crippen LogP contribution in [0, 0.1) is 6.92 Å². The summed E-state index contributed by atoms with van der Waals surface area (Å²) in [7, 11) is -3.42. The highest BCUT2D eigenvalue weighted by Crippen LogP contribution is 2.20. The first-order valence-electron chi connectivity index (χ1n) is 8.77. The number of benzene rings is 2. The largest absolute Gasteiger partial charge is 0.322 e. The number of aryl methyl sites for hydroxylation is 1. The lowest BCUT2D eigenvalue weighted by molar-refractivity contribution is 0.102. The van der Waals surface area contributed by atoms with Gasteiger partial charge in [-0.05, 0) is 43.7 Å². The molecule has 0 spiro atoms. The number of rotatable bonds is 7. The van der Waals surface area contributed by atoms with Crippen LogP contribution in [-0.2, 0) is 10.0 Å². The first-order valence-corrected chi connectivity index (χ1v) is 10.4. The van der Waals surface area contributed by atoms with Crippen LogP contribution in [0.5, 0.6) is 0 Å². The second-order valence-corrected chi connectivity index (χ2v) is 8.12. The lowest BCUT2D eigenvalue weighted by Gasteiger charge is -2.10. The number of nitrogens with zero attached hydrogens (tertiary/aromatic N) is 2. The molecule has 0 aliphatic rings. The number of hydrogen-bond donors (Lipinski definition) is 3. The molecule has 0 unspecified atom stereocenters. The van der Waals surface area contributed by atoms with Crippen LogP contribution >= 0.6 is 0 Å². The fraction of sp³-hybridized carbons (Fsp3) is 0.211. The van der Waals surface area contributed by atoms with Crippen molar-refractivity contribution in [3.8, 4) is 11.4 Å². The van der Waals surface area contributed by atoms with Crippen molar-refractivity contribution in [2.45, 2.75) is 20.3 Å². The third-order valence-corrected chi connectivity index (χ3v) is 5.34. The predicted molar refractivity (Wildman–Crippen MR) is 109 cm³/mol. The molecule has 0 aliphatic carbocycles. The summed E-state index contributed by atoms with van der Waals surface area (Å²) in [6, 6.07) is 13.5. The Labute approximate surface area is 163 Å². The number of nitrogens with one attached hydrogen (secondary N) is 3. The molecule has 2 aromatic carbocycles. The van der Waals surface area contributed by atoms with Crippen molar-refractivity contribution in [3.05, 3.63) is 59.9 Å². The van der Waals surface area contributed by atoms with E-state index in [0.29, 0.717) is 35.0 Å². The summed E-state index contributed by atoms with van der Waals surface area (Å²) in [6.45, 7) is 3.60. The van der Waals surface area contributed by atoms with Gasteiger partial charge in [0.05, 0.1) is 5.75 Å². The molecule has 3 aromatic rings. The normalized spacial score (nSPS) is 11.2. The zero-order valence-corrected chi connectivity index (χ0v) is 16.4. The minimum Gasteiger partial charge on any atom is -0.322 e. The van der Waals surface area contributed by atoms with Crippen molar-refractivity contribution >= 4 is 27.3 Å². The summed E-state index contributed by atoms with van der Waals surface area (Å²) >= 11 is 0. The van der Waals surface area contributed by atoms with Gasteiger partial charge in [-0.25, -0.2) is 13.4 Å². The second kappa shape index (κ2) is 8.22. The van der Waals surface area contributed by atoms with Gasteiger partial charge >= 0.3 is 0 Å². The third kappa shape index (κ3) is 4.95. The van der Waals surface area contributed by atoms with Crippen LogP contribution in [0.25, 0.3) is 11.4 Å². The van der Waals surface area contributed by atoms with Crippen LogP contribution in [0.2, 0.25) is 0 Å². The van der Waals surface area contributed by atoms with Crippen molar-refractivity contribution < 1.29 is 13.2 Å². The molecule has 0 bridgehead atoms. The minimum atomic E-state index is -3.42. The maximum absolute atomic E-state index is 12.6. The van der Waals surface area contributed by atoms with Crippen molar-refractivity contribution in [2.75, 3.05) is 15.8 Å². The van der Waals surface area contributed by atoms with E-state index in [-0.39, 0.29) is 11.7 Å². The van der Waals surface area contributed by atoms with Crippen LogP contribution in [0.1, 0.15) is 29.5 Å². The Bertz CT molecular complexity index is 1090. The van der Waals surface area contributed by atoms with E-state index >= 15 is 0 Å². The average Bonchev–Trinajstić information content (AvgIpc) is 3.08. The smallest absolute Gasteiger partial charge is 0.255 e. The molecule has 1 aromatic heterocycles. The molecule has 0 aliphatic heterocycles. The predicted octanol–water partition coefficient (Wildman–Crippen LogP) is 3.18. The van der Waals surface area contributed by atoms with Gasteiger partial charge < -0.3 is 5.32 Å². The van der Waals surface area contributed by atoms with Gasteiger partial charge in [0.1, 0.15) is 5.82 Å². The number of anilines is 2. The van der Waals surface area contributed by atoms with E-state index in [0.717, 1.165) is 5.56 Å². The number of aromatic amines is 1. The molecule has 3 rings (SSSR count). The molecular weight excluding hydrogens is 378 g/mol. The summed E-state index contributed by atoms with van der Waals surface area (Å²) in [5.74, 6) is 0.921. The van der Waals surface area contributed by atoms with Gasteiger partial charge in [-0.15, -0.1) is 0 Å². The molecule has 9 heteroatoms. The maximum Gasteiger partial charge on any atom is 0.255 e. The van der Waals surface area contributed by atoms with E-state index in [2.05, 4.69) is 25.2 Å². The number of carbonyl (C=O) groups excluding carboxylic acids is 1. The van der Waals surface area contributed by atoms with Gasteiger partial charge in [0.25, 0.3) is 5.91 Å². The summed E-state index contributed by atoms with van der Waals surface area (Å²) in [5.41, 5.74) is 2.05. The van der Waals surface area contributed by atoms with Crippen LogP contribution in [-0.4, -0.2) is 35.3 Å². The van der Waals surface area contributed by atoms with E-state index < -0.39 is 10.0 Å². The van der Waals surface area contributed by atoms with Gasteiger partial charge in [-0.3, -0.25) is 14.6 Å². The highest BCUT2D eigenvalue weighted by molar-refractivity contribution is 7.92. The van der Waals surface area contributed by atoms with Gasteiger partial charge in [0.15, 0.2) is 5.82 Å². The topological polar surface area (TPSA) is 117 Å². The standard InChI is InChI=1S/C19H21N5O3S/c1-3-10-28(26,27)24-17-9-5-7-15(12-17)19(25)21-16-8-4-6-14(11-16)18-20-13(2)22-23-18/h4-9,11-12,24H,3,10H2,1-2H3,(H,21,25)(H,20,22,23). The van der Waals surface area contributed by atoms with E-state index in [1.807, 2.05) is 13.0 Å². The van der Waals surface area contributed by atoms with Gasteiger partial charge in [-0.1, -0.05) is 25.1 Å². The maximum atomic E-state index is 12.6. The van der Waals surface area contributed by atoms with Crippen molar-refractivity contribution in [1.82, 2.24) is 15.2 Å². The summed E-state index contributed by atoms with van der Waals surface area (Å²) < 4.78 is 26.3. The number of amides is 1. The zero-order chi connectivity index (χ0) is 20.1. The van der Waals surface area contributed by atoms with E-state index in [1.54, 1.807) is 43.3 Å². The third-order valence-electron chi connectivity index (χ3n) is 3.85. The van der Waals surface area contributed by atoms with Crippen molar-refractivity contribution in [2.24, 2.45) is 0 Å². The molecular formula is C19H21N5O3S. The van der Waals surface area contributed by atoms with Gasteiger partial charge in [0, 0.05) is 22.5 Å². The Hall–Kier alpha value is -3.20. The molecule has 0 saturated carbocycles. The monoisotopic (exact) mass is 399 g/mol. The van der Waals surface area contributed by atoms with E-state index in [9.17, 15) is 13.2 Å². The highest BCUT2D eigenvalue weighted by Gasteiger charge is 2.12. The average molecular weight is 399 g/mol. The minimum absolute atomic E-state index is 0.0247. The summed E-state index contributed by atoms with van der Waals surface area (Å²) in [4.78, 5) is 16.9. The molecule has 8 nitrogen and oxygen atoms in total. The SMILES string of the molecule is CCCS(=O)(=O)Nc1cccc(C(=O)Nc2cccc(-c3n[nH]c(C)n3)c2)c1. The van der Waals surface area contributed by atoms with Crippen LogP contribution < -0.4 is 10.0 Å². The van der Waals surface area contributed by atoms with Crippen molar-refractivity contribution in [1.29, 1.82) is 0 Å². The van der Waals surface area contributed by atoms with Crippen LogP contribution in [0.15, 0.2) is 48.5 Å². The van der Waals surface area contributed by atoms with Crippen LogP contribution in [0.3, 0.4) is 0 Å². The first kappa shape index (κ1) is 19.6. The number of sulfonamides is 1. The Morgan fingerprint density at radius 2 is 1.86 bits per heavy atom. The van der Waals surface area contributed by atoms with Gasteiger partial charge in [-0.2, -0.15) is 5.10 Å². The quantitative estimate of drug-likeness (QED) is 0.564. The number of carbonyl (C=O) groups is 1.